The van der Waals surface area contributed by atoms with Gasteiger partial charge in [0, 0.05) is 18.1 Å². The number of aliphatic hydroxyl groups is 3. The molecule has 2 aromatic rings. The highest BCUT2D eigenvalue weighted by molar-refractivity contribution is 7.99. The summed E-state index contributed by atoms with van der Waals surface area (Å²) in [6.07, 6.45) is 0.00705. The van der Waals surface area contributed by atoms with Gasteiger partial charge >= 0.3 is 0 Å². The van der Waals surface area contributed by atoms with Gasteiger partial charge in [-0.3, -0.25) is 4.98 Å². The molecule has 3 rings (SSSR count). The SMILES string of the molecule is O[C@@H]1[C@@H](O)[C@@H](Oc2cc(-c3ccncc3)ccc2Cl)SC[C@H]1O. The quantitative estimate of drug-likeness (QED) is 0.782. The van der Waals surface area contributed by atoms with Crippen molar-refractivity contribution in [3.8, 4) is 16.9 Å². The highest BCUT2D eigenvalue weighted by atomic mass is 35.5. The van der Waals surface area contributed by atoms with Crippen LogP contribution in [0.5, 0.6) is 5.75 Å². The molecular weight excluding hydrogens is 338 g/mol. The van der Waals surface area contributed by atoms with Crippen LogP contribution in [0.1, 0.15) is 0 Å². The Morgan fingerprint density at radius 2 is 1.78 bits per heavy atom. The number of thioether (sulfide) groups is 1. The summed E-state index contributed by atoms with van der Waals surface area (Å²) in [5.41, 5.74) is 1.18. The molecule has 1 fully saturated rings. The molecule has 0 unspecified atom stereocenters. The molecule has 0 bridgehead atoms. The summed E-state index contributed by atoms with van der Waals surface area (Å²) in [5, 5.41) is 29.8. The van der Waals surface area contributed by atoms with E-state index in [0.717, 1.165) is 11.1 Å². The van der Waals surface area contributed by atoms with Crippen LogP contribution in [-0.2, 0) is 0 Å². The number of aromatic nitrogens is 1. The van der Waals surface area contributed by atoms with Crippen LogP contribution >= 0.6 is 23.4 Å². The molecule has 1 saturated heterocycles. The molecule has 1 aromatic heterocycles. The number of hydrogen-bond donors (Lipinski definition) is 3. The van der Waals surface area contributed by atoms with Gasteiger partial charge in [0.2, 0.25) is 0 Å². The number of hydrogen-bond acceptors (Lipinski definition) is 6. The first-order valence-corrected chi connectivity index (χ1v) is 8.51. The van der Waals surface area contributed by atoms with Gasteiger partial charge in [-0.1, -0.05) is 17.7 Å². The van der Waals surface area contributed by atoms with E-state index in [0.29, 0.717) is 10.8 Å². The Balaban J connectivity index is 1.83. The average Bonchev–Trinajstić information content (AvgIpc) is 2.58. The monoisotopic (exact) mass is 353 g/mol. The van der Waals surface area contributed by atoms with Gasteiger partial charge in [0.15, 0.2) is 5.44 Å². The molecule has 0 radical (unpaired) electrons. The summed E-state index contributed by atoms with van der Waals surface area (Å²) in [6, 6.07) is 9.11. The first-order chi connectivity index (χ1) is 11.1. The predicted molar refractivity (Wildman–Crippen MR) is 89.6 cm³/mol. The van der Waals surface area contributed by atoms with E-state index in [1.165, 1.54) is 11.8 Å². The molecule has 0 saturated carbocycles. The number of nitrogens with zero attached hydrogens (tertiary/aromatic N) is 1. The lowest BCUT2D eigenvalue weighted by atomic mass is 10.1. The van der Waals surface area contributed by atoms with Crippen LogP contribution in [0.15, 0.2) is 42.7 Å². The van der Waals surface area contributed by atoms with Gasteiger partial charge in [0.05, 0.1) is 11.1 Å². The van der Waals surface area contributed by atoms with Gasteiger partial charge in [-0.05, 0) is 35.4 Å². The third-order valence-corrected chi connectivity index (χ3v) is 5.19. The van der Waals surface area contributed by atoms with E-state index < -0.39 is 23.7 Å². The van der Waals surface area contributed by atoms with Gasteiger partial charge in [-0.15, -0.1) is 11.8 Å². The van der Waals surface area contributed by atoms with Crippen molar-refractivity contribution >= 4 is 23.4 Å². The van der Waals surface area contributed by atoms with Crippen LogP contribution in [0.25, 0.3) is 11.1 Å². The van der Waals surface area contributed by atoms with Gasteiger partial charge in [-0.25, -0.2) is 0 Å². The third kappa shape index (κ3) is 3.62. The van der Waals surface area contributed by atoms with Gasteiger partial charge in [0.1, 0.15) is 18.0 Å². The van der Waals surface area contributed by atoms with E-state index in [1.54, 1.807) is 24.5 Å². The molecular formula is C16H16ClNO4S. The van der Waals surface area contributed by atoms with E-state index in [4.69, 9.17) is 16.3 Å². The number of ether oxygens (including phenoxy) is 1. The van der Waals surface area contributed by atoms with E-state index in [1.807, 2.05) is 18.2 Å². The minimum Gasteiger partial charge on any atom is -0.475 e. The van der Waals surface area contributed by atoms with Gasteiger partial charge in [0.25, 0.3) is 0 Å². The molecule has 5 nitrogen and oxygen atoms in total. The van der Waals surface area contributed by atoms with E-state index >= 15 is 0 Å². The number of pyridine rings is 1. The second-order valence-electron chi connectivity index (χ2n) is 5.25. The first kappa shape index (κ1) is 16.5. The lowest BCUT2D eigenvalue weighted by Gasteiger charge is -2.34. The van der Waals surface area contributed by atoms with E-state index in [2.05, 4.69) is 4.98 Å². The smallest absolute Gasteiger partial charge is 0.173 e. The predicted octanol–water partition coefficient (Wildman–Crippen LogP) is 1.94. The van der Waals surface area contributed by atoms with Crippen LogP contribution in [0.3, 0.4) is 0 Å². The molecule has 122 valence electrons. The van der Waals surface area contributed by atoms with Crippen molar-refractivity contribution in [2.75, 3.05) is 5.75 Å². The van der Waals surface area contributed by atoms with Crippen molar-refractivity contribution < 1.29 is 20.1 Å². The summed E-state index contributed by atoms with van der Waals surface area (Å²) >= 11 is 7.41. The van der Waals surface area contributed by atoms with Crippen molar-refractivity contribution in [2.45, 2.75) is 23.7 Å². The van der Waals surface area contributed by atoms with Crippen LogP contribution in [0, 0.1) is 0 Å². The van der Waals surface area contributed by atoms with Crippen LogP contribution in [0.4, 0.5) is 0 Å². The van der Waals surface area contributed by atoms with Crippen molar-refractivity contribution in [3.63, 3.8) is 0 Å². The molecule has 1 aromatic carbocycles. The Morgan fingerprint density at radius 1 is 1.04 bits per heavy atom. The second-order valence-corrected chi connectivity index (χ2v) is 6.79. The zero-order valence-electron chi connectivity index (χ0n) is 12.0. The molecule has 0 amide bonds. The molecule has 2 heterocycles. The topological polar surface area (TPSA) is 82.8 Å². The fourth-order valence-electron chi connectivity index (χ4n) is 2.33. The molecule has 3 N–H and O–H groups in total. The minimum absolute atomic E-state index is 0.282. The Bertz CT molecular complexity index is 672. The summed E-state index contributed by atoms with van der Waals surface area (Å²) in [6.45, 7) is 0. The first-order valence-electron chi connectivity index (χ1n) is 7.08. The van der Waals surface area contributed by atoms with E-state index in [9.17, 15) is 15.3 Å². The molecule has 0 aliphatic carbocycles. The minimum atomic E-state index is -1.23. The highest BCUT2D eigenvalue weighted by Gasteiger charge is 2.38. The van der Waals surface area contributed by atoms with Crippen molar-refractivity contribution in [1.29, 1.82) is 0 Å². The molecule has 1 aliphatic rings. The average molecular weight is 354 g/mol. The van der Waals surface area contributed by atoms with Crippen LogP contribution < -0.4 is 4.74 Å². The maximum absolute atomic E-state index is 10.0. The Hall–Kier alpha value is -1.31. The fraction of sp³-hybridized carbons (Fsp3) is 0.312. The summed E-state index contributed by atoms with van der Waals surface area (Å²) in [4.78, 5) is 3.98. The standard InChI is InChI=1S/C16H16ClNO4S/c17-11-2-1-10(9-3-5-18-6-4-9)7-13(11)22-16-15(21)14(20)12(19)8-23-16/h1-7,12,14-16,19-21H,8H2/t12-,14+,15-,16+/m1/s1. The van der Waals surface area contributed by atoms with Crippen LogP contribution in [-0.4, -0.2) is 49.8 Å². The third-order valence-electron chi connectivity index (χ3n) is 3.64. The van der Waals surface area contributed by atoms with Gasteiger partial charge < -0.3 is 20.1 Å². The highest BCUT2D eigenvalue weighted by Crippen LogP contribution is 2.35. The number of rotatable bonds is 3. The largest absolute Gasteiger partial charge is 0.475 e. The van der Waals surface area contributed by atoms with Crippen molar-refractivity contribution in [1.82, 2.24) is 4.98 Å². The van der Waals surface area contributed by atoms with Crippen molar-refractivity contribution in [2.24, 2.45) is 0 Å². The van der Waals surface area contributed by atoms with E-state index in [-0.39, 0.29) is 5.75 Å². The summed E-state index contributed by atoms with van der Waals surface area (Å²) < 4.78 is 5.77. The number of aliphatic hydroxyl groups excluding tert-OH is 3. The lowest BCUT2D eigenvalue weighted by Crippen LogP contribution is -2.50. The van der Waals surface area contributed by atoms with Crippen LogP contribution in [0.2, 0.25) is 5.02 Å². The zero-order valence-corrected chi connectivity index (χ0v) is 13.6. The maximum Gasteiger partial charge on any atom is 0.173 e. The molecule has 0 spiro atoms. The molecule has 7 heteroatoms. The van der Waals surface area contributed by atoms with Crippen molar-refractivity contribution in [3.05, 3.63) is 47.7 Å². The summed E-state index contributed by atoms with van der Waals surface area (Å²) in [7, 11) is 0. The molecule has 4 atom stereocenters. The molecule has 23 heavy (non-hydrogen) atoms. The Kier molecular flexibility index (Phi) is 5.08. The number of benzene rings is 1. The summed E-state index contributed by atoms with van der Waals surface area (Å²) in [5.74, 6) is 0.700. The zero-order chi connectivity index (χ0) is 16.4. The Labute approximate surface area is 142 Å². The number of halogens is 1. The second kappa shape index (κ2) is 7.07. The lowest BCUT2D eigenvalue weighted by molar-refractivity contribution is -0.0785. The normalized spacial score (nSPS) is 27.7. The van der Waals surface area contributed by atoms with Gasteiger partial charge in [-0.2, -0.15) is 0 Å². The Morgan fingerprint density at radius 3 is 2.52 bits per heavy atom. The molecule has 1 aliphatic heterocycles. The maximum atomic E-state index is 10.0. The fourth-order valence-corrected chi connectivity index (χ4v) is 3.60.